The summed E-state index contributed by atoms with van der Waals surface area (Å²) in [5.41, 5.74) is -0.558. The SMILES string of the molecule is C[C@@]1(O)CC[C@H]2[C@H](CC[C@@H]3[C@@H]2CC[C@]2(C)[C@@H](C(=O)Cn4cnn(-c5cccc(F)c5)c4=O)CC[C@@H]32)C1. The van der Waals surface area contributed by atoms with Crippen molar-refractivity contribution in [3.63, 3.8) is 0 Å². The maximum atomic E-state index is 13.6. The number of halogens is 1. The van der Waals surface area contributed by atoms with Crippen molar-refractivity contribution in [3.8, 4) is 5.69 Å². The second-order valence-electron chi connectivity index (χ2n) is 12.7. The van der Waals surface area contributed by atoms with E-state index < -0.39 is 17.1 Å². The zero-order chi connectivity index (χ0) is 25.2. The molecule has 4 aliphatic carbocycles. The molecule has 0 radical (unpaired) electrons. The smallest absolute Gasteiger partial charge is 0.350 e. The highest BCUT2D eigenvalue weighted by Gasteiger charge is 2.58. The van der Waals surface area contributed by atoms with E-state index in [1.54, 1.807) is 12.1 Å². The number of ketones is 1. The lowest BCUT2D eigenvalue weighted by Crippen LogP contribution is -2.51. The monoisotopic (exact) mass is 495 g/mol. The van der Waals surface area contributed by atoms with Gasteiger partial charge in [-0.1, -0.05) is 13.0 Å². The van der Waals surface area contributed by atoms with Gasteiger partial charge in [-0.2, -0.15) is 9.78 Å². The van der Waals surface area contributed by atoms with Crippen molar-refractivity contribution < 1.29 is 14.3 Å². The molecule has 0 bridgehead atoms. The van der Waals surface area contributed by atoms with Crippen LogP contribution in [0.15, 0.2) is 35.4 Å². The third-order valence-electron chi connectivity index (χ3n) is 10.7. The summed E-state index contributed by atoms with van der Waals surface area (Å²) in [4.78, 5) is 26.5. The molecular weight excluding hydrogens is 457 g/mol. The molecule has 0 amide bonds. The molecule has 4 aliphatic rings. The minimum absolute atomic E-state index is 0.00654. The first-order valence-electron chi connectivity index (χ1n) is 13.8. The van der Waals surface area contributed by atoms with E-state index in [1.807, 2.05) is 6.92 Å². The number of carbonyl (C=O) groups excluding carboxylic acids is 1. The number of fused-ring (bicyclic) bond motifs is 5. The van der Waals surface area contributed by atoms with Gasteiger partial charge < -0.3 is 5.11 Å². The third-order valence-corrected chi connectivity index (χ3v) is 10.7. The van der Waals surface area contributed by atoms with Crippen molar-refractivity contribution in [3.05, 3.63) is 46.9 Å². The van der Waals surface area contributed by atoms with Gasteiger partial charge in [0.25, 0.3) is 0 Å². The molecule has 1 N–H and O–H groups in total. The third kappa shape index (κ3) is 3.89. The lowest BCUT2D eigenvalue weighted by atomic mass is 9.49. The number of nitrogens with zero attached hydrogens (tertiary/aromatic N) is 3. The summed E-state index contributed by atoms with van der Waals surface area (Å²) in [5.74, 6) is 3.04. The highest BCUT2D eigenvalue weighted by molar-refractivity contribution is 5.82. The zero-order valence-electron chi connectivity index (χ0n) is 21.4. The van der Waals surface area contributed by atoms with Crippen LogP contribution < -0.4 is 5.69 Å². The lowest BCUT2D eigenvalue weighted by Gasteiger charge is -2.56. The van der Waals surface area contributed by atoms with Gasteiger partial charge in [0.15, 0.2) is 5.78 Å². The van der Waals surface area contributed by atoms with Crippen molar-refractivity contribution in [2.75, 3.05) is 0 Å². The number of hydrogen-bond acceptors (Lipinski definition) is 4. The number of rotatable bonds is 4. The van der Waals surface area contributed by atoms with Crippen LogP contribution in [0.3, 0.4) is 0 Å². The van der Waals surface area contributed by atoms with E-state index in [1.165, 1.54) is 42.3 Å². The number of aromatic nitrogens is 3. The molecule has 36 heavy (non-hydrogen) atoms. The van der Waals surface area contributed by atoms with Crippen molar-refractivity contribution in [2.45, 2.75) is 83.8 Å². The van der Waals surface area contributed by atoms with Crippen LogP contribution in [-0.4, -0.2) is 30.8 Å². The average molecular weight is 496 g/mol. The molecule has 8 atom stereocenters. The summed E-state index contributed by atoms with van der Waals surface area (Å²) < 4.78 is 16.2. The summed E-state index contributed by atoms with van der Waals surface area (Å²) >= 11 is 0. The Morgan fingerprint density at radius 1 is 1.08 bits per heavy atom. The Morgan fingerprint density at radius 3 is 2.69 bits per heavy atom. The highest BCUT2D eigenvalue weighted by Crippen LogP contribution is 2.64. The number of benzene rings is 1. The fourth-order valence-corrected chi connectivity index (χ4v) is 9.12. The van der Waals surface area contributed by atoms with Gasteiger partial charge in [0.2, 0.25) is 0 Å². The second kappa shape index (κ2) is 8.64. The molecule has 6 nitrogen and oxygen atoms in total. The first-order valence-corrected chi connectivity index (χ1v) is 13.8. The van der Waals surface area contributed by atoms with Crippen LogP contribution >= 0.6 is 0 Å². The predicted octanol–water partition coefficient (Wildman–Crippen LogP) is 4.76. The van der Waals surface area contributed by atoms with Crippen molar-refractivity contribution in [1.82, 2.24) is 14.3 Å². The molecule has 2 aromatic rings. The van der Waals surface area contributed by atoms with Gasteiger partial charge in [0, 0.05) is 5.92 Å². The largest absolute Gasteiger partial charge is 0.390 e. The Bertz CT molecular complexity index is 1220. The summed E-state index contributed by atoms with van der Waals surface area (Å²) in [7, 11) is 0. The number of hydrogen-bond donors (Lipinski definition) is 1. The molecule has 4 fully saturated rings. The van der Waals surface area contributed by atoms with Gasteiger partial charge in [0.1, 0.15) is 12.1 Å². The van der Waals surface area contributed by atoms with Gasteiger partial charge in [-0.15, -0.1) is 0 Å². The Balaban J connectivity index is 1.17. The second-order valence-corrected chi connectivity index (χ2v) is 12.7. The Labute approximate surface area is 211 Å². The summed E-state index contributed by atoms with van der Waals surface area (Å²) in [6, 6.07) is 5.77. The molecule has 0 unspecified atom stereocenters. The summed E-state index contributed by atoms with van der Waals surface area (Å²) in [6.07, 6.45) is 11.1. The quantitative estimate of drug-likeness (QED) is 0.663. The topological polar surface area (TPSA) is 77.1 Å². The maximum absolute atomic E-state index is 13.6. The molecule has 7 heteroatoms. The normalized spacial score (nSPS) is 39.8. The average Bonchev–Trinajstić information content (AvgIpc) is 3.37. The summed E-state index contributed by atoms with van der Waals surface area (Å²) in [6.45, 7) is 4.36. The number of aliphatic hydroxyl groups is 1. The van der Waals surface area contributed by atoms with E-state index >= 15 is 0 Å². The molecule has 0 aliphatic heterocycles. The minimum Gasteiger partial charge on any atom is -0.390 e. The van der Waals surface area contributed by atoms with E-state index in [0.29, 0.717) is 23.4 Å². The fraction of sp³-hybridized carbons (Fsp3) is 0.690. The summed E-state index contributed by atoms with van der Waals surface area (Å²) in [5, 5.41) is 14.8. The van der Waals surface area contributed by atoms with Gasteiger partial charge in [-0.25, -0.2) is 9.18 Å². The molecule has 4 saturated carbocycles. The molecule has 0 spiro atoms. The Hall–Kier alpha value is -2.28. The van der Waals surface area contributed by atoms with Gasteiger partial charge in [-0.05, 0) is 118 Å². The van der Waals surface area contributed by atoms with Crippen LogP contribution in [0.4, 0.5) is 4.39 Å². The molecule has 0 saturated heterocycles. The minimum atomic E-state index is -0.497. The van der Waals surface area contributed by atoms with E-state index in [-0.39, 0.29) is 23.7 Å². The van der Waals surface area contributed by atoms with Gasteiger partial charge in [-0.3, -0.25) is 9.36 Å². The fourth-order valence-electron chi connectivity index (χ4n) is 9.12. The van der Waals surface area contributed by atoms with Crippen LogP contribution in [0.5, 0.6) is 0 Å². The van der Waals surface area contributed by atoms with E-state index in [9.17, 15) is 19.1 Å². The van der Waals surface area contributed by atoms with Crippen molar-refractivity contribution >= 4 is 5.78 Å². The van der Waals surface area contributed by atoms with Crippen LogP contribution in [0.2, 0.25) is 0 Å². The van der Waals surface area contributed by atoms with Crippen LogP contribution in [0, 0.1) is 46.7 Å². The molecule has 1 heterocycles. The van der Waals surface area contributed by atoms with E-state index in [0.717, 1.165) is 55.0 Å². The van der Waals surface area contributed by atoms with Crippen molar-refractivity contribution in [1.29, 1.82) is 0 Å². The van der Waals surface area contributed by atoms with Crippen LogP contribution in [-0.2, 0) is 11.3 Å². The number of Topliss-reactive ketones (excluding diaryl/α,β-unsaturated/α-hetero) is 1. The standard InChI is InChI=1S/C29H38FN3O3/c1-28(36)12-10-21-18(15-28)6-7-23-22(21)11-13-29(2)24(23)8-9-25(29)26(34)16-32-17-31-33(27(32)35)20-5-3-4-19(30)14-20/h3-5,14,17-18,21-25,36H,6-13,15-16H2,1-2H3/t18-,21+,22-,23-,24+,25-,28-,29+/m1/s1. The molecule has 6 rings (SSSR count). The van der Waals surface area contributed by atoms with Gasteiger partial charge >= 0.3 is 5.69 Å². The lowest BCUT2D eigenvalue weighted by molar-refractivity contribution is -0.133. The van der Waals surface area contributed by atoms with Crippen molar-refractivity contribution in [2.24, 2.45) is 40.9 Å². The first kappa shape index (κ1) is 24.1. The Morgan fingerprint density at radius 2 is 1.89 bits per heavy atom. The van der Waals surface area contributed by atoms with Crippen LogP contribution in [0.25, 0.3) is 5.69 Å². The van der Waals surface area contributed by atoms with Gasteiger partial charge in [0.05, 0.1) is 17.8 Å². The number of carbonyl (C=O) groups is 1. The molecule has 1 aromatic carbocycles. The zero-order valence-corrected chi connectivity index (χ0v) is 21.4. The highest BCUT2D eigenvalue weighted by atomic mass is 19.1. The van der Waals surface area contributed by atoms with E-state index in [2.05, 4.69) is 12.0 Å². The Kier molecular flexibility index (Phi) is 5.78. The molecular formula is C29H38FN3O3. The van der Waals surface area contributed by atoms with Crippen LogP contribution in [0.1, 0.15) is 71.6 Å². The maximum Gasteiger partial charge on any atom is 0.350 e. The predicted molar refractivity (Wildman–Crippen MR) is 134 cm³/mol. The first-order chi connectivity index (χ1) is 17.2. The molecule has 194 valence electrons. The van der Waals surface area contributed by atoms with E-state index in [4.69, 9.17) is 0 Å². The molecule has 1 aromatic heterocycles.